The minimum atomic E-state index is -0.934. The van der Waals surface area contributed by atoms with Crippen molar-refractivity contribution in [1.29, 1.82) is 5.26 Å². The molecule has 2 aromatic carbocycles. The lowest BCUT2D eigenvalue weighted by Crippen LogP contribution is -2.46. The normalized spacial score (nSPS) is 16.4. The van der Waals surface area contributed by atoms with Crippen LogP contribution >= 0.6 is 23.2 Å². The zero-order chi connectivity index (χ0) is 28.0. The summed E-state index contributed by atoms with van der Waals surface area (Å²) in [4.78, 5) is 38.6. The van der Waals surface area contributed by atoms with Gasteiger partial charge in [0.25, 0.3) is 5.91 Å². The predicted molar refractivity (Wildman–Crippen MR) is 148 cm³/mol. The van der Waals surface area contributed by atoms with E-state index in [9.17, 15) is 14.4 Å². The van der Waals surface area contributed by atoms with Gasteiger partial charge in [-0.25, -0.2) is 4.79 Å². The van der Waals surface area contributed by atoms with E-state index >= 15 is 0 Å². The Morgan fingerprint density at radius 1 is 1.11 bits per heavy atom. The molecule has 0 fully saturated rings. The van der Waals surface area contributed by atoms with Crippen LogP contribution in [0.25, 0.3) is 0 Å². The van der Waals surface area contributed by atoms with Crippen molar-refractivity contribution in [3.05, 3.63) is 86.4 Å². The van der Waals surface area contributed by atoms with Gasteiger partial charge in [-0.15, -0.1) is 0 Å². The van der Waals surface area contributed by atoms with E-state index in [4.69, 9.17) is 33.2 Å². The van der Waals surface area contributed by atoms with Gasteiger partial charge in [-0.05, 0) is 66.2 Å². The van der Waals surface area contributed by atoms with Gasteiger partial charge in [0, 0.05) is 23.8 Å². The SMILES string of the molecule is COC(=O)[C@H](Cc1ccc(NC(=O)c2c(Cl)cccc2Cl)cc1)NC(=O)C1=C(C)/C(=C/C#N)CCC1(C)C. The molecule has 0 heterocycles. The van der Waals surface area contributed by atoms with Crippen LogP contribution in [0.1, 0.15) is 49.5 Å². The quantitative estimate of drug-likeness (QED) is 0.321. The number of hydrogen-bond donors (Lipinski definition) is 2. The number of carbonyl (C=O) groups excluding carboxylic acids is 3. The average Bonchev–Trinajstić information content (AvgIpc) is 2.86. The van der Waals surface area contributed by atoms with Gasteiger partial charge >= 0.3 is 5.97 Å². The minimum Gasteiger partial charge on any atom is -0.467 e. The lowest BCUT2D eigenvalue weighted by molar-refractivity contribution is -0.144. The second-order valence-electron chi connectivity index (χ2n) is 9.68. The number of benzene rings is 2. The standard InChI is InChI=1S/C29H29Cl2N3O4/c1-17-19(13-15-32)12-14-29(2,3)25(17)27(36)34-23(28(37)38-4)16-18-8-10-20(11-9-18)33-26(35)24-21(30)6-5-7-22(24)31/h5-11,13,23H,12,14,16H2,1-4H3,(H,33,35)(H,34,36)/b19-13+/t23-/m0/s1. The van der Waals surface area contributed by atoms with Crippen LogP contribution in [0.5, 0.6) is 0 Å². The Bertz CT molecular complexity index is 1330. The number of rotatable bonds is 7. The van der Waals surface area contributed by atoms with Crippen molar-refractivity contribution in [2.75, 3.05) is 12.4 Å². The topological polar surface area (TPSA) is 108 Å². The lowest BCUT2D eigenvalue weighted by atomic mass is 9.70. The second kappa shape index (κ2) is 12.3. The number of nitriles is 1. The van der Waals surface area contributed by atoms with Gasteiger partial charge in [0.2, 0.25) is 5.91 Å². The Morgan fingerprint density at radius 2 is 1.74 bits per heavy atom. The van der Waals surface area contributed by atoms with Crippen LogP contribution < -0.4 is 10.6 Å². The highest BCUT2D eigenvalue weighted by Gasteiger charge is 2.36. The molecular formula is C29H29Cl2N3O4. The van der Waals surface area contributed by atoms with Crippen molar-refractivity contribution in [3.63, 3.8) is 0 Å². The molecule has 2 N–H and O–H groups in total. The van der Waals surface area contributed by atoms with Crippen LogP contribution in [0.15, 0.2) is 65.3 Å². The molecule has 2 amide bonds. The van der Waals surface area contributed by atoms with Gasteiger partial charge in [-0.3, -0.25) is 9.59 Å². The molecule has 0 aliphatic heterocycles. The first kappa shape index (κ1) is 29.0. The summed E-state index contributed by atoms with van der Waals surface area (Å²) in [6.45, 7) is 5.78. The van der Waals surface area contributed by atoms with Crippen molar-refractivity contribution in [3.8, 4) is 6.07 Å². The number of amides is 2. The van der Waals surface area contributed by atoms with E-state index in [1.54, 1.807) is 42.5 Å². The van der Waals surface area contributed by atoms with E-state index in [0.29, 0.717) is 24.1 Å². The zero-order valence-corrected chi connectivity index (χ0v) is 23.2. The summed E-state index contributed by atoms with van der Waals surface area (Å²) >= 11 is 12.2. The van der Waals surface area contributed by atoms with Crippen molar-refractivity contribution in [2.24, 2.45) is 5.41 Å². The monoisotopic (exact) mass is 553 g/mol. The van der Waals surface area contributed by atoms with E-state index < -0.39 is 23.3 Å². The van der Waals surface area contributed by atoms with Crippen molar-refractivity contribution < 1.29 is 19.1 Å². The fraction of sp³-hybridized carbons (Fsp3) is 0.310. The molecule has 0 spiro atoms. The maximum Gasteiger partial charge on any atom is 0.328 e. The molecule has 38 heavy (non-hydrogen) atoms. The van der Waals surface area contributed by atoms with E-state index in [0.717, 1.165) is 16.7 Å². The third-order valence-corrected chi connectivity index (χ3v) is 7.28. The predicted octanol–water partition coefficient (Wildman–Crippen LogP) is 6.03. The average molecular weight is 554 g/mol. The number of anilines is 1. The smallest absolute Gasteiger partial charge is 0.328 e. The summed E-state index contributed by atoms with van der Waals surface area (Å²) < 4.78 is 4.95. The molecule has 1 atom stereocenters. The molecule has 0 radical (unpaired) electrons. The van der Waals surface area contributed by atoms with Crippen molar-refractivity contribution in [1.82, 2.24) is 5.32 Å². The summed E-state index contributed by atoms with van der Waals surface area (Å²) in [7, 11) is 1.27. The summed E-state index contributed by atoms with van der Waals surface area (Å²) in [5.74, 6) is -1.40. The first-order chi connectivity index (χ1) is 18.0. The van der Waals surface area contributed by atoms with Crippen LogP contribution in [0, 0.1) is 16.7 Å². The van der Waals surface area contributed by atoms with Crippen LogP contribution in [-0.4, -0.2) is 30.9 Å². The Hall–Kier alpha value is -3.60. The van der Waals surface area contributed by atoms with Crippen LogP contribution in [-0.2, 0) is 20.7 Å². The molecule has 0 bridgehead atoms. The highest BCUT2D eigenvalue weighted by atomic mass is 35.5. The number of methoxy groups -OCH3 is 1. The lowest BCUT2D eigenvalue weighted by Gasteiger charge is -2.35. The van der Waals surface area contributed by atoms with Gasteiger partial charge in [-0.2, -0.15) is 5.26 Å². The maximum atomic E-state index is 13.4. The zero-order valence-electron chi connectivity index (χ0n) is 21.7. The highest BCUT2D eigenvalue weighted by molar-refractivity contribution is 6.40. The third kappa shape index (κ3) is 6.63. The first-order valence-electron chi connectivity index (χ1n) is 12.0. The number of halogens is 2. The molecule has 198 valence electrons. The summed E-state index contributed by atoms with van der Waals surface area (Å²) in [5, 5.41) is 15.2. The molecule has 0 aromatic heterocycles. The van der Waals surface area contributed by atoms with Gasteiger partial charge in [-0.1, -0.05) is 55.2 Å². The van der Waals surface area contributed by atoms with E-state index in [1.807, 2.05) is 26.8 Å². The molecule has 0 saturated carbocycles. The minimum absolute atomic E-state index is 0.177. The van der Waals surface area contributed by atoms with Gasteiger partial charge in [0.05, 0.1) is 28.8 Å². The molecule has 1 aliphatic rings. The number of nitrogens with zero attached hydrogens (tertiary/aromatic N) is 1. The largest absolute Gasteiger partial charge is 0.467 e. The number of esters is 1. The molecular weight excluding hydrogens is 525 g/mol. The van der Waals surface area contributed by atoms with Gasteiger partial charge in [0.15, 0.2) is 0 Å². The molecule has 3 rings (SSSR count). The Balaban J connectivity index is 1.77. The molecule has 0 unspecified atom stereocenters. The Kier molecular flexibility index (Phi) is 9.37. The number of nitrogens with one attached hydrogen (secondary N) is 2. The second-order valence-corrected chi connectivity index (χ2v) is 10.5. The van der Waals surface area contributed by atoms with Crippen LogP contribution in [0.4, 0.5) is 5.69 Å². The van der Waals surface area contributed by atoms with Gasteiger partial charge in [0.1, 0.15) is 6.04 Å². The molecule has 9 heteroatoms. The molecule has 7 nitrogen and oxygen atoms in total. The van der Waals surface area contributed by atoms with E-state index in [-0.39, 0.29) is 27.9 Å². The molecule has 2 aromatic rings. The molecule has 1 aliphatic carbocycles. The summed E-state index contributed by atoms with van der Waals surface area (Å²) in [6.07, 6.45) is 3.05. The summed E-state index contributed by atoms with van der Waals surface area (Å²) in [5.41, 5.74) is 3.13. The Morgan fingerprint density at radius 3 is 2.32 bits per heavy atom. The highest BCUT2D eigenvalue weighted by Crippen LogP contribution is 2.42. The van der Waals surface area contributed by atoms with Crippen molar-refractivity contribution >= 4 is 46.7 Å². The van der Waals surface area contributed by atoms with Gasteiger partial charge < -0.3 is 15.4 Å². The number of allylic oxidation sites excluding steroid dienone is 3. The van der Waals surface area contributed by atoms with Crippen molar-refractivity contribution in [2.45, 2.75) is 46.1 Å². The Labute approximate surface area is 232 Å². The first-order valence-corrected chi connectivity index (χ1v) is 12.8. The summed E-state index contributed by atoms with van der Waals surface area (Å²) in [6, 6.07) is 12.8. The third-order valence-electron chi connectivity index (χ3n) is 6.65. The fourth-order valence-corrected chi connectivity index (χ4v) is 5.17. The molecule has 0 saturated heterocycles. The number of ether oxygens (including phenoxy) is 1. The van der Waals surface area contributed by atoms with Crippen LogP contribution in [0.3, 0.4) is 0 Å². The van der Waals surface area contributed by atoms with E-state index in [2.05, 4.69) is 10.6 Å². The maximum absolute atomic E-state index is 13.4. The fourth-order valence-electron chi connectivity index (χ4n) is 4.60. The number of hydrogen-bond acceptors (Lipinski definition) is 5. The number of carbonyl (C=O) groups is 3. The van der Waals surface area contributed by atoms with E-state index in [1.165, 1.54) is 13.2 Å². The van der Waals surface area contributed by atoms with Crippen LogP contribution in [0.2, 0.25) is 10.0 Å².